The van der Waals surface area contributed by atoms with Gasteiger partial charge in [-0.15, -0.1) is 0 Å². The van der Waals surface area contributed by atoms with E-state index in [1.165, 1.54) is 11.8 Å². The molecule has 2 heterocycles. The SMILES string of the molecule is CN1CCN(C(=O)c2ccc3c(c2)NC(=O)/C(=C/c2ccccc2)S3)CC1. The Morgan fingerprint density at radius 3 is 2.56 bits per heavy atom. The van der Waals surface area contributed by atoms with E-state index in [1.54, 1.807) is 6.07 Å². The molecule has 2 amide bonds. The second-order valence-corrected chi connectivity index (χ2v) is 7.87. The minimum atomic E-state index is -0.138. The summed E-state index contributed by atoms with van der Waals surface area (Å²) in [5, 5.41) is 2.93. The van der Waals surface area contributed by atoms with Crippen LogP contribution in [0.2, 0.25) is 0 Å². The number of rotatable bonds is 2. The zero-order chi connectivity index (χ0) is 18.8. The van der Waals surface area contributed by atoms with E-state index >= 15 is 0 Å². The first-order chi connectivity index (χ1) is 13.1. The lowest BCUT2D eigenvalue weighted by atomic mass is 10.1. The minimum absolute atomic E-state index is 0.0239. The van der Waals surface area contributed by atoms with Gasteiger partial charge in [0.2, 0.25) is 0 Å². The molecule has 2 aliphatic rings. The van der Waals surface area contributed by atoms with Gasteiger partial charge in [-0.25, -0.2) is 0 Å². The first-order valence-electron chi connectivity index (χ1n) is 8.98. The Morgan fingerprint density at radius 1 is 1.07 bits per heavy atom. The van der Waals surface area contributed by atoms with Crippen LogP contribution in [-0.2, 0) is 4.79 Å². The number of nitrogens with one attached hydrogen (secondary N) is 1. The number of thioether (sulfide) groups is 1. The van der Waals surface area contributed by atoms with Gasteiger partial charge in [0.1, 0.15) is 0 Å². The molecule has 0 bridgehead atoms. The van der Waals surface area contributed by atoms with E-state index in [1.807, 2.05) is 53.4 Å². The molecule has 2 aliphatic heterocycles. The number of amides is 2. The molecule has 0 saturated carbocycles. The quantitative estimate of drug-likeness (QED) is 0.815. The third-order valence-electron chi connectivity index (χ3n) is 4.81. The maximum absolute atomic E-state index is 12.8. The zero-order valence-corrected chi connectivity index (χ0v) is 16.0. The van der Waals surface area contributed by atoms with Gasteiger partial charge in [-0.3, -0.25) is 9.59 Å². The fraction of sp³-hybridized carbons (Fsp3) is 0.238. The third kappa shape index (κ3) is 3.91. The number of carbonyl (C=O) groups excluding carboxylic acids is 2. The highest BCUT2D eigenvalue weighted by Crippen LogP contribution is 2.39. The Morgan fingerprint density at radius 2 is 1.81 bits per heavy atom. The molecule has 5 nitrogen and oxygen atoms in total. The van der Waals surface area contributed by atoms with Gasteiger partial charge < -0.3 is 15.1 Å². The molecule has 0 aromatic heterocycles. The molecule has 0 atom stereocenters. The van der Waals surface area contributed by atoms with Crippen LogP contribution in [0.5, 0.6) is 0 Å². The predicted octanol–water partition coefficient (Wildman–Crippen LogP) is 3.16. The van der Waals surface area contributed by atoms with E-state index in [0.29, 0.717) is 16.2 Å². The van der Waals surface area contributed by atoms with Crippen molar-refractivity contribution in [3.05, 3.63) is 64.6 Å². The van der Waals surface area contributed by atoms with E-state index in [0.717, 1.165) is 36.6 Å². The van der Waals surface area contributed by atoms with E-state index in [-0.39, 0.29) is 11.8 Å². The molecule has 0 spiro atoms. The molecular formula is C21H21N3O2S. The summed E-state index contributed by atoms with van der Waals surface area (Å²) in [5.74, 6) is -0.115. The van der Waals surface area contributed by atoms with E-state index in [9.17, 15) is 9.59 Å². The Balaban J connectivity index is 1.54. The Kier molecular flexibility index (Phi) is 5.01. The molecule has 1 fully saturated rings. The number of carbonyl (C=O) groups is 2. The smallest absolute Gasteiger partial charge is 0.262 e. The Labute approximate surface area is 163 Å². The van der Waals surface area contributed by atoms with Gasteiger partial charge >= 0.3 is 0 Å². The number of benzene rings is 2. The van der Waals surface area contributed by atoms with Crippen LogP contribution in [-0.4, -0.2) is 54.8 Å². The lowest BCUT2D eigenvalue weighted by Gasteiger charge is -2.32. The number of fused-ring (bicyclic) bond motifs is 1. The summed E-state index contributed by atoms with van der Waals surface area (Å²) >= 11 is 1.43. The average molecular weight is 379 g/mol. The molecule has 1 saturated heterocycles. The van der Waals surface area contributed by atoms with Gasteiger partial charge in [-0.2, -0.15) is 0 Å². The number of hydrogen-bond acceptors (Lipinski definition) is 4. The second kappa shape index (κ2) is 7.58. The van der Waals surface area contributed by atoms with Crippen LogP contribution in [0.15, 0.2) is 58.3 Å². The van der Waals surface area contributed by atoms with E-state index in [2.05, 4.69) is 17.3 Å². The first-order valence-corrected chi connectivity index (χ1v) is 9.79. The van der Waals surface area contributed by atoms with Gasteiger partial charge in [0.05, 0.1) is 10.6 Å². The predicted molar refractivity (Wildman–Crippen MR) is 109 cm³/mol. The largest absolute Gasteiger partial charge is 0.336 e. The van der Waals surface area contributed by atoms with Crippen LogP contribution in [0.1, 0.15) is 15.9 Å². The van der Waals surface area contributed by atoms with Gasteiger partial charge in [0.15, 0.2) is 0 Å². The normalized spacial score (nSPS) is 18.9. The molecule has 0 radical (unpaired) electrons. The number of hydrogen-bond donors (Lipinski definition) is 1. The highest BCUT2D eigenvalue weighted by Gasteiger charge is 2.25. The van der Waals surface area contributed by atoms with Crippen molar-refractivity contribution in [1.82, 2.24) is 9.80 Å². The van der Waals surface area contributed by atoms with E-state index in [4.69, 9.17) is 0 Å². The van der Waals surface area contributed by atoms with Crippen LogP contribution in [0.3, 0.4) is 0 Å². The van der Waals surface area contributed by atoms with Crippen molar-refractivity contribution in [3.63, 3.8) is 0 Å². The lowest BCUT2D eigenvalue weighted by molar-refractivity contribution is -0.112. The number of piperazine rings is 1. The monoisotopic (exact) mass is 379 g/mol. The van der Waals surface area contributed by atoms with Crippen molar-refractivity contribution in [2.24, 2.45) is 0 Å². The van der Waals surface area contributed by atoms with Crippen LogP contribution in [0.4, 0.5) is 5.69 Å². The molecule has 1 N–H and O–H groups in total. The van der Waals surface area contributed by atoms with Crippen molar-refractivity contribution in [3.8, 4) is 0 Å². The summed E-state index contributed by atoms with van der Waals surface area (Å²) in [7, 11) is 2.06. The van der Waals surface area contributed by atoms with Crippen molar-refractivity contribution in [2.45, 2.75) is 4.90 Å². The lowest BCUT2D eigenvalue weighted by Crippen LogP contribution is -2.47. The molecule has 2 aromatic rings. The van der Waals surface area contributed by atoms with Crippen molar-refractivity contribution in [2.75, 3.05) is 38.5 Å². The van der Waals surface area contributed by atoms with Gasteiger partial charge in [0.25, 0.3) is 11.8 Å². The van der Waals surface area contributed by atoms with Gasteiger partial charge in [0, 0.05) is 36.6 Å². The zero-order valence-electron chi connectivity index (χ0n) is 15.1. The average Bonchev–Trinajstić information content (AvgIpc) is 2.69. The van der Waals surface area contributed by atoms with Crippen LogP contribution in [0.25, 0.3) is 6.08 Å². The molecule has 0 aliphatic carbocycles. The fourth-order valence-corrected chi connectivity index (χ4v) is 4.12. The summed E-state index contributed by atoms with van der Waals surface area (Å²) in [6, 6.07) is 15.3. The van der Waals surface area contributed by atoms with E-state index < -0.39 is 0 Å². The molecule has 6 heteroatoms. The molecule has 138 valence electrons. The summed E-state index contributed by atoms with van der Waals surface area (Å²) < 4.78 is 0. The number of anilines is 1. The molecule has 0 unspecified atom stereocenters. The Hall–Kier alpha value is -2.57. The maximum Gasteiger partial charge on any atom is 0.262 e. The van der Waals surface area contributed by atoms with Crippen molar-refractivity contribution >= 4 is 35.3 Å². The standard InChI is InChI=1S/C21H21N3O2S/c1-23-9-11-24(12-10-23)21(26)16-7-8-18-17(14-16)22-20(25)19(27-18)13-15-5-3-2-4-6-15/h2-8,13-14H,9-12H2,1H3,(H,22,25)/b19-13-. The molecule has 4 rings (SSSR count). The van der Waals surface area contributed by atoms with Crippen LogP contribution >= 0.6 is 11.8 Å². The van der Waals surface area contributed by atoms with Gasteiger partial charge in [-0.1, -0.05) is 42.1 Å². The Bertz CT molecular complexity index is 903. The number of nitrogens with zero attached hydrogens (tertiary/aromatic N) is 2. The van der Waals surface area contributed by atoms with Crippen LogP contribution < -0.4 is 5.32 Å². The minimum Gasteiger partial charge on any atom is -0.336 e. The van der Waals surface area contributed by atoms with Crippen LogP contribution in [0, 0.1) is 0 Å². The molecular weight excluding hydrogens is 358 g/mol. The highest BCUT2D eigenvalue weighted by atomic mass is 32.2. The second-order valence-electron chi connectivity index (χ2n) is 6.78. The summed E-state index contributed by atoms with van der Waals surface area (Å²) in [4.78, 5) is 30.9. The van der Waals surface area contributed by atoms with Crippen molar-refractivity contribution < 1.29 is 9.59 Å². The summed E-state index contributed by atoms with van der Waals surface area (Å²) in [6.07, 6.45) is 1.88. The summed E-state index contributed by atoms with van der Waals surface area (Å²) in [5.41, 5.74) is 2.31. The molecule has 27 heavy (non-hydrogen) atoms. The van der Waals surface area contributed by atoms with Gasteiger partial charge in [-0.05, 0) is 36.9 Å². The third-order valence-corrected chi connectivity index (χ3v) is 5.91. The highest BCUT2D eigenvalue weighted by molar-refractivity contribution is 8.04. The maximum atomic E-state index is 12.8. The first kappa shape index (κ1) is 17.8. The molecule has 2 aromatic carbocycles. The summed E-state index contributed by atoms with van der Waals surface area (Å²) in [6.45, 7) is 3.24. The number of likely N-dealkylation sites (N-methyl/N-ethyl adjacent to an activating group) is 1. The topological polar surface area (TPSA) is 52.6 Å². The fourth-order valence-electron chi connectivity index (χ4n) is 3.19. The van der Waals surface area contributed by atoms with Crippen molar-refractivity contribution in [1.29, 1.82) is 0 Å².